The zero-order chi connectivity index (χ0) is 15.0. The van der Waals surface area contributed by atoms with Gasteiger partial charge in [-0.2, -0.15) is 0 Å². The molecule has 0 unspecified atom stereocenters. The number of carbonyl (C=O) groups is 1. The SMILES string of the molecule is O=C(O)Cn1cnc2csc(-c3ccc(Cl)cc3)c2c1=O. The van der Waals surface area contributed by atoms with Gasteiger partial charge in [0.15, 0.2) is 0 Å². The van der Waals surface area contributed by atoms with Gasteiger partial charge in [0.05, 0.1) is 17.2 Å². The van der Waals surface area contributed by atoms with Crippen molar-refractivity contribution in [2.75, 3.05) is 0 Å². The molecular formula is C14H9ClN2O3S. The van der Waals surface area contributed by atoms with Crippen molar-refractivity contribution in [1.82, 2.24) is 9.55 Å². The maximum atomic E-state index is 12.4. The van der Waals surface area contributed by atoms with Crippen LogP contribution in [0.15, 0.2) is 40.8 Å². The van der Waals surface area contributed by atoms with Gasteiger partial charge in [0.1, 0.15) is 6.54 Å². The maximum Gasteiger partial charge on any atom is 0.323 e. The van der Waals surface area contributed by atoms with Crippen molar-refractivity contribution < 1.29 is 9.90 Å². The first-order valence-corrected chi connectivity index (χ1v) is 7.26. The largest absolute Gasteiger partial charge is 0.480 e. The highest BCUT2D eigenvalue weighted by atomic mass is 35.5. The Morgan fingerprint density at radius 1 is 1.33 bits per heavy atom. The number of carboxylic acids is 1. The molecule has 1 N–H and O–H groups in total. The normalized spacial score (nSPS) is 10.9. The van der Waals surface area contributed by atoms with Gasteiger partial charge in [-0.25, -0.2) is 4.98 Å². The van der Waals surface area contributed by atoms with Gasteiger partial charge in [0, 0.05) is 15.3 Å². The lowest BCUT2D eigenvalue weighted by atomic mass is 10.1. The number of hydrogen-bond acceptors (Lipinski definition) is 4. The minimum atomic E-state index is -1.08. The molecule has 7 heteroatoms. The highest BCUT2D eigenvalue weighted by Gasteiger charge is 2.14. The maximum absolute atomic E-state index is 12.4. The van der Waals surface area contributed by atoms with Crippen LogP contribution in [0.1, 0.15) is 0 Å². The van der Waals surface area contributed by atoms with Crippen molar-refractivity contribution in [2.45, 2.75) is 6.54 Å². The minimum absolute atomic E-state index is 0.353. The number of carboxylic acid groups (broad SMARTS) is 1. The van der Waals surface area contributed by atoms with Gasteiger partial charge in [-0.3, -0.25) is 14.2 Å². The minimum Gasteiger partial charge on any atom is -0.480 e. The van der Waals surface area contributed by atoms with Crippen LogP contribution < -0.4 is 5.56 Å². The Labute approximate surface area is 128 Å². The molecule has 0 saturated heterocycles. The van der Waals surface area contributed by atoms with Crippen LogP contribution in [0.5, 0.6) is 0 Å². The number of aliphatic carboxylic acids is 1. The van der Waals surface area contributed by atoms with E-state index >= 15 is 0 Å². The summed E-state index contributed by atoms with van der Waals surface area (Å²) in [6, 6.07) is 7.13. The second kappa shape index (κ2) is 5.31. The van der Waals surface area contributed by atoms with E-state index < -0.39 is 12.5 Å². The van der Waals surface area contributed by atoms with Crippen LogP contribution in [0.4, 0.5) is 0 Å². The van der Waals surface area contributed by atoms with Crippen molar-refractivity contribution in [3.05, 3.63) is 51.3 Å². The number of benzene rings is 1. The molecule has 3 rings (SSSR count). The first kappa shape index (κ1) is 13.8. The number of nitrogens with zero attached hydrogens (tertiary/aromatic N) is 2. The van der Waals surface area contributed by atoms with Gasteiger partial charge >= 0.3 is 5.97 Å². The fraction of sp³-hybridized carbons (Fsp3) is 0.0714. The van der Waals surface area contributed by atoms with Crippen LogP contribution in [-0.2, 0) is 11.3 Å². The third-order valence-electron chi connectivity index (χ3n) is 2.99. The van der Waals surface area contributed by atoms with E-state index in [9.17, 15) is 9.59 Å². The molecular weight excluding hydrogens is 312 g/mol. The predicted octanol–water partition coefficient (Wildman–Crippen LogP) is 2.86. The average molecular weight is 321 g/mol. The average Bonchev–Trinajstić information content (AvgIpc) is 2.87. The number of hydrogen-bond donors (Lipinski definition) is 1. The van der Waals surface area contributed by atoms with Crippen LogP contribution in [0.2, 0.25) is 5.02 Å². The summed E-state index contributed by atoms with van der Waals surface area (Å²) < 4.78 is 1.09. The Hall–Kier alpha value is -2.18. The molecule has 1 aromatic carbocycles. The first-order valence-electron chi connectivity index (χ1n) is 6.00. The standard InChI is InChI=1S/C14H9ClN2O3S/c15-9-3-1-8(2-4-9)13-12-10(6-21-13)16-7-17(14(12)20)5-11(18)19/h1-4,6-7H,5H2,(H,18,19). The monoisotopic (exact) mass is 320 g/mol. The zero-order valence-corrected chi connectivity index (χ0v) is 12.2. The Kier molecular flexibility index (Phi) is 3.48. The second-order valence-electron chi connectivity index (χ2n) is 4.40. The molecule has 0 aliphatic rings. The fourth-order valence-corrected chi connectivity index (χ4v) is 3.17. The summed E-state index contributed by atoms with van der Waals surface area (Å²) in [5, 5.41) is 11.7. The van der Waals surface area contributed by atoms with Gasteiger partial charge in [-0.15, -0.1) is 11.3 Å². The molecule has 5 nitrogen and oxygen atoms in total. The summed E-state index contributed by atoms with van der Waals surface area (Å²) >= 11 is 7.26. The topological polar surface area (TPSA) is 72.2 Å². The molecule has 2 aromatic heterocycles. The number of fused-ring (bicyclic) bond motifs is 1. The molecule has 0 spiro atoms. The lowest BCUT2D eigenvalue weighted by Gasteiger charge is -2.03. The van der Waals surface area contributed by atoms with Crippen molar-refractivity contribution in [1.29, 1.82) is 0 Å². The Bertz CT molecular complexity index is 883. The van der Waals surface area contributed by atoms with Crippen LogP contribution in [0.25, 0.3) is 21.3 Å². The highest BCUT2D eigenvalue weighted by Crippen LogP contribution is 2.32. The van der Waals surface area contributed by atoms with Crippen molar-refractivity contribution >= 4 is 39.8 Å². The van der Waals surface area contributed by atoms with Gasteiger partial charge in [0.2, 0.25) is 0 Å². The van der Waals surface area contributed by atoms with Crippen molar-refractivity contribution in [3.8, 4) is 10.4 Å². The second-order valence-corrected chi connectivity index (χ2v) is 5.72. The van der Waals surface area contributed by atoms with Crippen LogP contribution >= 0.6 is 22.9 Å². The molecule has 2 heterocycles. The quantitative estimate of drug-likeness (QED) is 0.805. The fourth-order valence-electron chi connectivity index (χ4n) is 2.05. The summed E-state index contributed by atoms with van der Waals surface area (Å²) in [6.45, 7) is -0.405. The zero-order valence-electron chi connectivity index (χ0n) is 10.6. The first-order chi connectivity index (χ1) is 10.1. The van der Waals surface area contributed by atoms with Gasteiger partial charge in [-0.05, 0) is 17.7 Å². The lowest BCUT2D eigenvalue weighted by molar-refractivity contribution is -0.137. The lowest BCUT2D eigenvalue weighted by Crippen LogP contribution is -2.24. The summed E-state index contributed by atoms with van der Waals surface area (Å²) in [5.74, 6) is -1.08. The Morgan fingerprint density at radius 2 is 2.05 bits per heavy atom. The van der Waals surface area contributed by atoms with E-state index in [1.54, 1.807) is 17.5 Å². The molecule has 0 bridgehead atoms. The van der Waals surface area contributed by atoms with E-state index in [-0.39, 0.29) is 5.56 Å². The number of aromatic nitrogens is 2. The van der Waals surface area contributed by atoms with Gasteiger partial charge in [-0.1, -0.05) is 23.7 Å². The molecule has 0 radical (unpaired) electrons. The van der Waals surface area contributed by atoms with Crippen LogP contribution in [0, 0.1) is 0 Å². The Morgan fingerprint density at radius 3 is 2.71 bits per heavy atom. The summed E-state index contributed by atoms with van der Waals surface area (Å²) in [5.41, 5.74) is 1.07. The van der Waals surface area contributed by atoms with E-state index in [1.807, 2.05) is 12.1 Å². The van der Waals surface area contributed by atoms with Gasteiger partial charge in [0.25, 0.3) is 5.56 Å². The van der Waals surface area contributed by atoms with E-state index in [1.165, 1.54) is 17.7 Å². The summed E-state index contributed by atoms with van der Waals surface area (Å²) in [4.78, 5) is 28.1. The van der Waals surface area contributed by atoms with E-state index in [0.29, 0.717) is 15.9 Å². The molecule has 106 valence electrons. The van der Waals surface area contributed by atoms with E-state index in [2.05, 4.69) is 4.98 Å². The van der Waals surface area contributed by atoms with Crippen molar-refractivity contribution in [2.24, 2.45) is 0 Å². The summed E-state index contributed by atoms with van der Waals surface area (Å²) in [6.07, 6.45) is 1.26. The number of thiophene rings is 1. The summed E-state index contributed by atoms with van der Waals surface area (Å²) in [7, 11) is 0. The predicted molar refractivity (Wildman–Crippen MR) is 82.0 cm³/mol. The number of halogens is 1. The molecule has 21 heavy (non-hydrogen) atoms. The third kappa shape index (κ3) is 2.55. The van der Waals surface area contributed by atoms with Crippen LogP contribution in [-0.4, -0.2) is 20.6 Å². The number of rotatable bonds is 3. The van der Waals surface area contributed by atoms with E-state index in [0.717, 1.165) is 15.0 Å². The third-order valence-corrected chi connectivity index (χ3v) is 4.26. The molecule has 3 aromatic rings. The molecule has 0 fully saturated rings. The molecule has 0 aliphatic heterocycles. The van der Waals surface area contributed by atoms with E-state index in [4.69, 9.17) is 16.7 Å². The molecule has 0 aliphatic carbocycles. The van der Waals surface area contributed by atoms with Gasteiger partial charge < -0.3 is 5.11 Å². The smallest absolute Gasteiger partial charge is 0.323 e. The molecule has 0 saturated carbocycles. The molecule has 0 atom stereocenters. The van der Waals surface area contributed by atoms with Crippen LogP contribution in [0.3, 0.4) is 0 Å². The Balaban J connectivity index is 2.22. The molecule has 0 amide bonds. The van der Waals surface area contributed by atoms with Crippen molar-refractivity contribution in [3.63, 3.8) is 0 Å². The highest BCUT2D eigenvalue weighted by molar-refractivity contribution is 7.15.